The summed E-state index contributed by atoms with van der Waals surface area (Å²) in [6, 6.07) is 30.8. The molecular weight excluding hydrogens is 508 g/mol. The molecule has 6 heteroatoms. The summed E-state index contributed by atoms with van der Waals surface area (Å²) in [5.74, 6) is -1.05. The van der Waals surface area contributed by atoms with Crippen LogP contribution in [0.2, 0.25) is 5.02 Å². The predicted molar refractivity (Wildman–Crippen MR) is 152 cm³/mol. The molecule has 192 valence electrons. The van der Waals surface area contributed by atoms with E-state index in [0.717, 1.165) is 27.9 Å². The molecule has 4 aromatic rings. The van der Waals surface area contributed by atoms with Crippen LogP contribution in [0, 0.1) is 11.8 Å². The van der Waals surface area contributed by atoms with Crippen molar-refractivity contribution in [3.8, 4) is 5.75 Å². The fourth-order valence-corrected chi connectivity index (χ4v) is 6.99. The first kappa shape index (κ1) is 23.9. The normalized spacial score (nSPS) is 24.6. The summed E-state index contributed by atoms with van der Waals surface area (Å²) in [5, 5.41) is 0.628. The molecule has 0 unspecified atom stereocenters. The minimum atomic E-state index is -0.904. The number of hydrogen-bond donors (Lipinski definition) is 0. The van der Waals surface area contributed by atoms with E-state index in [1.165, 1.54) is 4.90 Å². The minimum Gasteiger partial charge on any atom is -0.494 e. The van der Waals surface area contributed by atoms with Gasteiger partial charge in [-0.25, -0.2) is 4.90 Å². The van der Waals surface area contributed by atoms with Crippen LogP contribution < -0.4 is 9.64 Å². The molecule has 2 amide bonds. The van der Waals surface area contributed by atoms with Gasteiger partial charge in [0.25, 0.3) is 0 Å². The average Bonchev–Trinajstić information content (AvgIpc) is 3.24. The highest BCUT2D eigenvalue weighted by molar-refractivity contribution is 6.30. The fraction of sp³-hybridized carbons (Fsp3) is 0.182. The Morgan fingerprint density at radius 1 is 0.846 bits per heavy atom. The van der Waals surface area contributed by atoms with E-state index in [9.17, 15) is 9.59 Å². The average molecular weight is 533 g/mol. The number of rotatable bonds is 5. The lowest BCUT2D eigenvalue weighted by Gasteiger charge is -2.52. The van der Waals surface area contributed by atoms with Crippen LogP contribution in [0.5, 0.6) is 5.75 Å². The molecule has 3 aliphatic carbocycles. The molecule has 8 rings (SSSR count). The van der Waals surface area contributed by atoms with Crippen molar-refractivity contribution in [2.24, 2.45) is 16.8 Å². The Balaban J connectivity index is 1.44. The maximum atomic E-state index is 14.4. The zero-order valence-electron chi connectivity index (χ0n) is 21.3. The zero-order chi connectivity index (χ0) is 26.7. The lowest BCUT2D eigenvalue weighted by molar-refractivity contribution is -0.122. The molecule has 4 aliphatic rings. The Labute approximate surface area is 231 Å². The monoisotopic (exact) mass is 532 g/mol. The number of imide groups is 1. The van der Waals surface area contributed by atoms with E-state index in [0.29, 0.717) is 23.1 Å². The highest BCUT2D eigenvalue weighted by atomic mass is 35.5. The van der Waals surface area contributed by atoms with Gasteiger partial charge in [0.1, 0.15) is 5.75 Å². The number of anilines is 1. The van der Waals surface area contributed by atoms with Gasteiger partial charge in [-0.15, -0.1) is 0 Å². The number of halogens is 1. The van der Waals surface area contributed by atoms with Crippen LogP contribution in [0.3, 0.4) is 0 Å². The van der Waals surface area contributed by atoms with Crippen molar-refractivity contribution >= 4 is 41.0 Å². The van der Waals surface area contributed by atoms with Crippen LogP contribution in [0.4, 0.5) is 11.4 Å². The van der Waals surface area contributed by atoms with Gasteiger partial charge in [-0.05, 0) is 77.7 Å². The molecule has 1 heterocycles. The third-order valence-electron chi connectivity index (χ3n) is 8.33. The molecule has 0 saturated carbocycles. The van der Waals surface area contributed by atoms with Crippen LogP contribution in [0.15, 0.2) is 102 Å². The van der Waals surface area contributed by atoms with Gasteiger partial charge in [-0.3, -0.25) is 14.6 Å². The second-order valence-electron chi connectivity index (χ2n) is 10.2. The minimum absolute atomic E-state index is 0.174. The number of nitrogens with zero attached hydrogens (tertiary/aromatic N) is 2. The standard InChI is InChI=1S/C33H25ClN2O3/c1-2-39-23-17-15-22(16-18-23)36-31(37)29-28-24-7-3-5-9-26(24)33(30(29)32(36)38,27-10-6-4-8-25(27)28)19-35-21-13-11-20(34)12-14-21/h3-19,28-30H,2H2,1H3/t28?,29-,30+,33?/m1/s1. The number of benzene rings is 4. The third kappa shape index (κ3) is 3.36. The van der Waals surface area contributed by atoms with E-state index < -0.39 is 17.3 Å². The van der Waals surface area contributed by atoms with E-state index in [1.807, 2.05) is 49.5 Å². The SMILES string of the molecule is CCOc1ccc(N2C(=O)[C@@H]3C4c5ccccc5C(C=Nc5ccc(Cl)cc5)(c5ccccc54)[C@@H]3C2=O)cc1. The summed E-state index contributed by atoms with van der Waals surface area (Å²) in [5.41, 5.74) is 4.60. The Hall–Kier alpha value is -4.22. The van der Waals surface area contributed by atoms with Crippen molar-refractivity contribution in [1.29, 1.82) is 0 Å². The molecule has 39 heavy (non-hydrogen) atoms. The molecule has 5 nitrogen and oxygen atoms in total. The zero-order valence-corrected chi connectivity index (χ0v) is 22.0. The van der Waals surface area contributed by atoms with Crippen molar-refractivity contribution in [1.82, 2.24) is 0 Å². The Morgan fingerprint density at radius 2 is 1.46 bits per heavy atom. The molecule has 1 fully saturated rings. The Morgan fingerprint density at radius 3 is 2.08 bits per heavy atom. The molecular formula is C33H25ClN2O3. The quantitative estimate of drug-likeness (QED) is 0.212. The Kier molecular flexibility index (Phi) is 5.46. The lowest BCUT2D eigenvalue weighted by atomic mass is 9.47. The molecule has 2 atom stereocenters. The van der Waals surface area contributed by atoms with Gasteiger partial charge in [0.2, 0.25) is 11.8 Å². The highest BCUT2D eigenvalue weighted by Gasteiger charge is 2.67. The molecule has 4 aromatic carbocycles. The summed E-state index contributed by atoms with van der Waals surface area (Å²) in [6.45, 7) is 2.46. The van der Waals surface area contributed by atoms with E-state index in [2.05, 4.69) is 24.3 Å². The van der Waals surface area contributed by atoms with Crippen LogP contribution >= 0.6 is 11.6 Å². The molecule has 0 aromatic heterocycles. The van der Waals surface area contributed by atoms with Crippen molar-refractivity contribution in [2.45, 2.75) is 18.3 Å². The summed E-state index contributed by atoms with van der Waals surface area (Å²) < 4.78 is 5.58. The smallest absolute Gasteiger partial charge is 0.239 e. The van der Waals surface area contributed by atoms with Crippen LogP contribution in [0.1, 0.15) is 35.1 Å². The number of amides is 2. The third-order valence-corrected chi connectivity index (χ3v) is 8.59. The van der Waals surface area contributed by atoms with Gasteiger partial charge in [0, 0.05) is 17.2 Å². The predicted octanol–water partition coefficient (Wildman–Crippen LogP) is 6.69. The van der Waals surface area contributed by atoms with Crippen LogP contribution in [0.25, 0.3) is 0 Å². The summed E-state index contributed by atoms with van der Waals surface area (Å²) in [4.78, 5) is 34.9. The molecule has 1 aliphatic heterocycles. The van der Waals surface area contributed by atoms with E-state index in [1.54, 1.807) is 36.4 Å². The molecule has 1 saturated heterocycles. The fourth-order valence-electron chi connectivity index (χ4n) is 6.87. The molecule has 0 radical (unpaired) electrons. The highest BCUT2D eigenvalue weighted by Crippen LogP contribution is 2.63. The first-order valence-corrected chi connectivity index (χ1v) is 13.5. The second-order valence-corrected chi connectivity index (χ2v) is 10.6. The maximum absolute atomic E-state index is 14.4. The van der Waals surface area contributed by atoms with Gasteiger partial charge in [0.05, 0.1) is 35.2 Å². The van der Waals surface area contributed by atoms with Crippen molar-refractivity contribution in [2.75, 3.05) is 11.5 Å². The number of carbonyl (C=O) groups is 2. The van der Waals surface area contributed by atoms with Gasteiger partial charge >= 0.3 is 0 Å². The van der Waals surface area contributed by atoms with Gasteiger partial charge < -0.3 is 4.74 Å². The molecule has 0 spiro atoms. The van der Waals surface area contributed by atoms with Gasteiger partial charge in [-0.1, -0.05) is 60.1 Å². The number of hydrogen-bond acceptors (Lipinski definition) is 4. The summed E-state index contributed by atoms with van der Waals surface area (Å²) in [6.07, 6.45) is 1.90. The topological polar surface area (TPSA) is 59.0 Å². The maximum Gasteiger partial charge on any atom is 0.239 e. The number of ether oxygens (including phenoxy) is 1. The molecule has 0 N–H and O–H groups in total. The number of carbonyl (C=O) groups excluding carboxylic acids is 2. The Bertz CT molecular complexity index is 1600. The summed E-state index contributed by atoms with van der Waals surface area (Å²) in [7, 11) is 0. The summed E-state index contributed by atoms with van der Waals surface area (Å²) >= 11 is 6.12. The van der Waals surface area contributed by atoms with Gasteiger partial charge in [-0.2, -0.15) is 0 Å². The van der Waals surface area contributed by atoms with E-state index in [4.69, 9.17) is 21.3 Å². The van der Waals surface area contributed by atoms with E-state index >= 15 is 0 Å². The van der Waals surface area contributed by atoms with Crippen molar-refractivity contribution < 1.29 is 14.3 Å². The van der Waals surface area contributed by atoms with Crippen LogP contribution in [-0.4, -0.2) is 24.6 Å². The van der Waals surface area contributed by atoms with Crippen molar-refractivity contribution in [3.63, 3.8) is 0 Å². The van der Waals surface area contributed by atoms with Crippen LogP contribution in [-0.2, 0) is 15.0 Å². The number of aliphatic imine (C=N–C) groups is 1. The molecule has 2 bridgehead atoms. The first-order chi connectivity index (χ1) is 19.0. The largest absolute Gasteiger partial charge is 0.494 e. The van der Waals surface area contributed by atoms with Crippen molar-refractivity contribution in [3.05, 3.63) is 124 Å². The second kappa shape index (κ2) is 8.92. The van der Waals surface area contributed by atoms with E-state index in [-0.39, 0.29) is 17.7 Å². The lowest BCUT2D eigenvalue weighted by Crippen LogP contribution is -2.54. The van der Waals surface area contributed by atoms with Gasteiger partial charge in [0.15, 0.2) is 0 Å². The first-order valence-electron chi connectivity index (χ1n) is 13.1.